The minimum atomic E-state index is -0.793. The summed E-state index contributed by atoms with van der Waals surface area (Å²) < 4.78 is 9.73. The second-order valence-electron chi connectivity index (χ2n) is 6.87. The minimum absolute atomic E-state index is 0.155. The van der Waals surface area contributed by atoms with Crippen LogP contribution < -0.4 is 4.74 Å². The van der Waals surface area contributed by atoms with Gasteiger partial charge in [-0.1, -0.05) is 23.2 Å². The quantitative estimate of drug-likeness (QED) is 0.491. The van der Waals surface area contributed by atoms with E-state index in [1.54, 1.807) is 59.2 Å². The molecule has 9 heteroatoms. The summed E-state index contributed by atoms with van der Waals surface area (Å²) in [6.45, 7) is 3.71. The van der Waals surface area contributed by atoms with Crippen molar-refractivity contribution in [3.63, 3.8) is 0 Å². The van der Waals surface area contributed by atoms with Crippen LogP contribution in [0.25, 0.3) is 0 Å². The van der Waals surface area contributed by atoms with Gasteiger partial charge < -0.3 is 19.3 Å². The van der Waals surface area contributed by atoms with E-state index in [2.05, 4.69) is 0 Å². The number of ether oxygens (including phenoxy) is 2. The first-order valence-electron chi connectivity index (χ1n) is 9.87. The van der Waals surface area contributed by atoms with Crippen molar-refractivity contribution in [1.82, 2.24) is 9.80 Å². The third kappa shape index (κ3) is 5.89. The molecule has 0 atom stereocenters. The van der Waals surface area contributed by atoms with Crippen molar-refractivity contribution >= 4 is 41.2 Å². The molecule has 0 radical (unpaired) electrons. The average Bonchev–Trinajstić information content (AvgIpc) is 3.01. The van der Waals surface area contributed by atoms with E-state index in [0.717, 1.165) is 0 Å². The van der Waals surface area contributed by atoms with Crippen LogP contribution in [0.15, 0.2) is 42.5 Å². The van der Waals surface area contributed by atoms with Crippen molar-refractivity contribution in [3.05, 3.63) is 63.6 Å². The highest BCUT2D eigenvalue weighted by Gasteiger charge is 2.25. The Labute approximate surface area is 190 Å². The highest BCUT2D eigenvalue weighted by Crippen LogP contribution is 2.23. The molecule has 0 aromatic heterocycles. The number of hydrogen-bond acceptors (Lipinski definition) is 5. The van der Waals surface area contributed by atoms with Crippen molar-refractivity contribution in [2.24, 2.45) is 0 Å². The fraction of sp³-hybridized carbons (Fsp3) is 0.318. The molecule has 2 aromatic rings. The second kappa shape index (κ2) is 10.5. The Bertz CT molecular complexity index is 965. The number of nitrogens with zero attached hydrogens (tertiary/aromatic N) is 2. The molecule has 0 N–H and O–H groups in total. The van der Waals surface area contributed by atoms with Crippen LogP contribution in [0.3, 0.4) is 0 Å². The highest BCUT2D eigenvalue weighted by molar-refractivity contribution is 6.35. The van der Waals surface area contributed by atoms with Gasteiger partial charge in [0.25, 0.3) is 11.8 Å². The molecular formula is C22H22Cl2N2O5. The Morgan fingerprint density at radius 1 is 0.903 bits per heavy atom. The van der Waals surface area contributed by atoms with E-state index in [-0.39, 0.29) is 18.4 Å². The molecule has 31 heavy (non-hydrogen) atoms. The molecule has 1 fully saturated rings. The van der Waals surface area contributed by atoms with Gasteiger partial charge in [0.05, 0.1) is 17.2 Å². The summed E-state index contributed by atoms with van der Waals surface area (Å²) in [4.78, 5) is 40.5. The summed E-state index contributed by atoms with van der Waals surface area (Å²) >= 11 is 12.2. The first kappa shape index (κ1) is 22.9. The first-order valence-corrected chi connectivity index (χ1v) is 10.6. The Hall–Kier alpha value is -2.77. The van der Waals surface area contributed by atoms with Gasteiger partial charge in [0, 0.05) is 36.8 Å². The van der Waals surface area contributed by atoms with Crippen molar-refractivity contribution in [3.8, 4) is 5.75 Å². The Balaban J connectivity index is 1.62. The van der Waals surface area contributed by atoms with Crippen molar-refractivity contribution in [2.45, 2.75) is 13.3 Å². The molecule has 1 saturated heterocycles. The van der Waals surface area contributed by atoms with Gasteiger partial charge in [-0.05, 0) is 55.8 Å². The Kier molecular flexibility index (Phi) is 7.76. The van der Waals surface area contributed by atoms with Crippen LogP contribution in [0.2, 0.25) is 10.0 Å². The summed E-state index contributed by atoms with van der Waals surface area (Å²) in [5.41, 5.74) is 0.819. The molecule has 164 valence electrons. The molecule has 0 bridgehead atoms. The molecule has 0 unspecified atom stereocenters. The maximum absolute atomic E-state index is 12.9. The SMILES string of the molecule is CCOC(=O)Oc1ccc(C(=O)N2CCCN(C(=O)c3cc(Cl)ccc3Cl)CC2)cc1. The maximum atomic E-state index is 12.9. The van der Waals surface area contributed by atoms with Crippen LogP contribution in [0.1, 0.15) is 34.1 Å². The monoisotopic (exact) mass is 464 g/mol. The molecule has 1 aliphatic rings. The first-order chi connectivity index (χ1) is 14.9. The number of benzene rings is 2. The molecule has 2 amide bonds. The van der Waals surface area contributed by atoms with E-state index in [0.29, 0.717) is 59.5 Å². The Morgan fingerprint density at radius 3 is 2.19 bits per heavy atom. The fourth-order valence-corrected chi connectivity index (χ4v) is 3.62. The van der Waals surface area contributed by atoms with Crippen LogP contribution in [0.4, 0.5) is 4.79 Å². The van der Waals surface area contributed by atoms with Crippen molar-refractivity contribution in [2.75, 3.05) is 32.8 Å². The smallest absolute Gasteiger partial charge is 0.434 e. The summed E-state index contributed by atoms with van der Waals surface area (Å²) in [5, 5.41) is 0.784. The van der Waals surface area contributed by atoms with E-state index in [4.69, 9.17) is 32.7 Å². The maximum Gasteiger partial charge on any atom is 0.513 e. The topological polar surface area (TPSA) is 76.2 Å². The van der Waals surface area contributed by atoms with Crippen molar-refractivity contribution < 1.29 is 23.9 Å². The summed E-state index contributed by atoms with van der Waals surface area (Å²) in [5.74, 6) is -0.0684. The van der Waals surface area contributed by atoms with Gasteiger partial charge in [-0.2, -0.15) is 0 Å². The summed E-state index contributed by atoms with van der Waals surface area (Å²) in [6, 6.07) is 11.1. The predicted molar refractivity (Wildman–Crippen MR) is 117 cm³/mol. The number of hydrogen-bond donors (Lipinski definition) is 0. The van der Waals surface area contributed by atoms with Crippen molar-refractivity contribution in [1.29, 1.82) is 0 Å². The third-order valence-corrected chi connectivity index (χ3v) is 5.36. The van der Waals surface area contributed by atoms with Crippen LogP contribution in [-0.4, -0.2) is 60.6 Å². The lowest BCUT2D eigenvalue weighted by Gasteiger charge is -2.23. The lowest BCUT2D eigenvalue weighted by atomic mass is 10.2. The van der Waals surface area contributed by atoms with E-state index < -0.39 is 6.16 Å². The van der Waals surface area contributed by atoms with E-state index in [9.17, 15) is 14.4 Å². The minimum Gasteiger partial charge on any atom is -0.434 e. The lowest BCUT2D eigenvalue weighted by molar-refractivity contribution is 0.0718. The van der Waals surface area contributed by atoms with Gasteiger partial charge in [0.1, 0.15) is 5.75 Å². The standard InChI is InChI=1S/C22H22Cl2N2O5/c1-2-30-22(29)31-17-7-4-15(5-8-17)20(27)25-10-3-11-26(13-12-25)21(28)18-14-16(23)6-9-19(18)24/h4-9,14H,2-3,10-13H2,1H3. The van der Waals surface area contributed by atoms with E-state index in [1.807, 2.05) is 0 Å². The van der Waals surface area contributed by atoms with Gasteiger partial charge in [-0.15, -0.1) is 0 Å². The molecule has 0 aliphatic carbocycles. The fourth-order valence-electron chi connectivity index (χ4n) is 3.25. The molecule has 1 aliphatic heterocycles. The van der Waals surface area contributed by atoms with Gasteiger partial charge in [-0.25, -0.2) is 4.79 Å². The summed E-state index contributed by atoms with van der Waals surface area (Å²) in [6.07, 6.45) is -0.154. The summed E-state index contributed by atoms with van der Waals surface area (Å²) in [7, 11) is 0. The third-order valence-electron chi connectivity index (χ3n) is 4.79. The molecular weight excluding hydrogens is 443 g/mol. The number of carbonyl (C=O) groups excluding carboxylic acids is 3. The zero-order chi connectivity index (χ0) is 22.4. The van der Waals surface area contributed by atoms with E-state index >= 15 is 0 Å². The molecule has 3 rings (SSSR count). The lowest BCUT2D eigenvalue weighted by Crippen LogP contribution is -2.37. The Morgan fingerprint density at radius 2 is 1.55 bits per heavy atom. The largest absolute Gasteiger partial charge is 0.513 e. The van der Waals surface area contributed by atoms with Gasteiger partial charge in [0.2, 0.25) is 0 Å². The molecule has 7 nitrogen and oxygen atoms in total. The number of amides is 2. The van der Waals surface area contributed by atoms with Crippen LogP contribution >= 0.6 is 23.2 Å². The van der Waals surface area contributed by atoms with Gasteiger partial charge in [0.15, 0.2) is 0 Å². The van der Waals surface area contributed by atoms with E-state index in [1.165, 1.54) is 0 Å². The van der Waals surface area contributed by atoms with Gasteiger partial charge in [-0.3, -0.25) is 9.59 Å². The zero-order valence-electron chi connectivity index (χ0n) is 17.0. The molecule has 2 aromatic carbocycles. The number of rotatable bonds is 4. The van der Waals surface area contributed by atoms with Crippen LogP contribution in [-0.2, 0) is 4.74 Å². The molecule has 0 spiro atoms. The highest BCUT2D eigenvalue weighted by atomic mass is 35.5. The normalized spacial score (nSPS) is 14.0. The molecule has 1 heterocycles. The second-order valence-corrected chi connectivity index (χ2v) is 7.72. The van der Waals surface area contributed by atoms with Crippen LogP contribution in [0, 0.1) is 0 Å². The predicted octanol–water partition coefficient (Wildman–Crippen LogP) is 4.52. The zero-order valence-corrected chi connectivity index (χ0v) is 18.5. The van der Waals surface area contributed by atoms with Gasteiger partial charge >= 0.3 is 6.16 Å². The number of halogens is 2. The average molecular weight is 465 g/mol. The molecule has 0 saturated carbocycles. The number of carbonyl (C=O) groups is 3. The van der Waals surface area contributed by atoms with Crippen LogP contribution in [0.5, 0.6) is 5.75 Å².